The number of rotatable bonds is 5. The third-order valence-corrected chi connectivity index (χ3v) is 2.75. The summed E-state index contributed by atoms with van der Waals surface area (Å²) in [5.41, 5.74) is 1.27. The van der Waals surface area contributed by atoms with E-state index < -0.39 is 5.97 Å². The van der Waals surface area contributed by atoms with Crippen LogP contribution in [0.15, 0.2) is 28.7 Å². The van der Waals surface area contributed by atoms with Gasteiger partial charge in [-0.25, -0.2) is 4.79 Å². The van der Waals surface area contributed by atoms with Crippen LogP contribution in [0.3, 0.4) is 0 Å². The van der Waals surface area contributed by atoms with Crippen LogP contribution >= 0.6 is 15.9 Å². The van der Waals surface area contributed by atoms with Gasteiger partial charge >= 0.3 is 5.97 Å². The summed E-state index contributed by atoms with van der Waals surface area (Å²) in [7, 11) is 0. The van der Waals surface area contributed by atoms with E-state index in [1.807, 2.05) is 12.1 Å². The van der Waals surface area contributed by atoms with Crippen LogP contribution in [-0.2, 0) is 4.79 Å². The van der Waals surface area contributed by atoms with Gasteiger partial charge in [-0.3, -0.25) is 0 Å². The molecular formula is C13H10BrN3O2. The molecule has 96 valence electrons. The predicted molar refractivity (Wildman–Crippen MR) is 74.3 cm³/mol. The number of hydrogen-bond donors (Lipinski definition) is 1. The third-order valence-electron chi connectivity index (χ3n) is 2.26. The second-order valence-corrected chi connectivity index (χ2v) is 4.46. The molecule has 0 radical (unpaired) electrons. The molecule has 1 N–H and O–H groups in total. The highest BCUT2D eigenvalue weighted by molar-refractivity contribution is 9.10. The van der Waals surface area contributed by atoms with Crippen molar-refractivity contribution in [1.29, 1.82) is 10.5 Å². The van der Waals surface area contributed by atoms with Gasteiger partial charge in [-0.05, 0) is 29.8 Å². The maximum absolute atomic E-state index is 10.6. The van der Waals surface area contributed by atoms with Crippen molar-refractivity contribution in [2.75, 3.05) is 18.0 Å². The molecule has 0 fully saturated rings. The summed E-state index contributed by atoms with van der Waals surface area (Å²) < 4.78 is 0.787. The van der Waals surface area contributed by atoms with E-state index in [2.05, 4.69) is 15.9 Å². The first-order valence-corrected chi connectivity index (χ1v) is 6.07. The second kappa shape index (κ2) is 7.20. The number of benzene rings is 1. The van der Waals surface area contributed by atoms with Gasteiger partial charge in [0.25, 0.3) is 0 Å². The number of halogens is 1. The molecule has 5 nitrogen and oxygen atoms in total. The van der Waals surface area contributed by atoms with Crippen LogP contribution in [0.5, 0.6) is 0 Å². The Morgan fingerprint density at radius 3 is 2.53 bits per heavy atom. The third kappa shape index (κ3) is 4.46. The van der Waals surface area contributed by atoms with Crippen molar-refractivity contribution in [3.8, 4) is 12.1 Å². The highest BCUT2D eigenvalue weighted by Crippen LogP contribution is 2.25. The van der Waals surface area contributed by atoms with E-state index in [-0.39, 0.29) is 13.1 Å². The molecule has 1 aromatic carbocycles. The predicted octanol–water partition coefficient (Wildman–Crippen LogP) is 2.40. The lowest BCUT2D eigenvalue weighted by Gasteiger charge is -2.20. The van der Waals surface area contributed by atoms with E-state index in [1.165, 1.54) is 6.08 Å². The number of nitrogens with zero attached hydrogens (tertiary/aromatic N) is 3. The van der Waals surface area contributed by atoms with Crippen molar-refractivity contribution in [3.63, 3.8) is 0 Å². The molecule has 0 aliphatic rings. The summed E-state index contributed by atoms with van der Waals surface area (Å²) in [6.07, 6.45) is 2.45. The van der Waals surface area contributed by atoms with Crippen LogP contribution in [0.4, 0.5) is 5.69 Å². The molecule has 0 aliphatic heterocycles. The quantitative estimate of drug-likeness (QED) is 0.665. The largest absolute Gasteiger partial charge is 0.478 e. The maximum atomic E-state index is 10.6. The van der Waals surface area contributed by atoms with Crippen molar-refractivity contribution < 1.29 is 9.90 Å². The van der Waals surface area contributed by atoms with Crippen LogP contribution < -0.4 is 4.90 Å². The Labute approximate surface area is 119 Å². The standard InChI is InChI=1S/C13H10BrN3O2/c14-11-2-3-12(17(7-5-15)8-6-16)10(9-11)1-4-13(18)19/h1-4,9H,7-8H2,(H,18,19)/b4-1+. The fourth-order valence-corrected chi connectivity index (χ4v) is 1.88. The minimum Gasteiger partial charge on any atom is -0.478 e. The molecule has 0 unspecified atom stereocenters. The minimum atomic E-state index is -1.06. The number of nitriles is 2. The molecule has 19 heavy (non-hydrogen) atoms. The molecule has 0 heterocycles. The number of carboxylic acid groups (broad SMARTS) is 1. The first-order chi connectivity index (χ1) is 9.08. The summed E-state index contributed by atoms with van der Waals surface area (Å²) in [4.78, 5) is 12.2. The average Bonchev–Trinajstić information content (AvgIpc) is 2.36. The normalized spacial score (nSPS) is 9.84. The molecule has 0 saturated carbocycles. The van der Waals surface area contributed by atoms with Gasteiger partial charge in [-0.1, -0.05) is 15.9 Å². The van der Waals surface area contributed by atoms with Crippen LogP contribution in [0.1, 0.15) is 5.56 Å². The monoisotopic (exact) mass is 319 g/mol. The lowest BCUT2D eigenvalue weighted by Crippen LogP contribution is -2.24. The van der Waals surface area contributed by atoms with Crippen LogP contribution in [0.2, 0.25) is 0 Å². The van der Waals surface area contributed by atoms with Crippen LogP contribution in [0.25, 0.3) is 6.08 Å². The second-order valence-electron chi connectivity index (χ2n) is 3.55. The van der Waals surface area contributed by atoms with E-state index in [1.54, 1.807) is 23.1 Å². The summed E-state index contributed by atoms with van der Waals surface area (Å²) in [5, 5.41) is 26.2. The minimum absolute atomic E-state index is 0.0586. The molecule has 6 heteroatoms. The zero-order valence-electron chi connectivity index (χ0n) is 9.88. The topological polar surface area (TPSA) is 88.1 Å². The fourth-order valence-electron chi connectivity index (χ4n) is 1.50. The molecule has 0 bridgehead atoms. The van der Waals surface area contributed by atoms with Crippen LogP contribution in [-0.4, -0.2) is 24.2 Å². The van der Waals surface area contributed by atoms with Crippen LogP contribution in [0, 0.1) is 22.7 Å². The van der Waals surface area contributed by atoms with Gasteiger partial charge in [0.2, 0.25) is 0 Å². The first kappa shape index (κ1) is 14.7. The Hall–Kier alpha value is -2.31. The number of carboxylic acids is 1. The highest BCUT2D eigenvalue weighted by Gasteiger charge is 2.10. The average molecular weight is 320 g/mol. The van der Waals surface area contributed by atoms with E-state index in [4.69, 9.17) is 15.6 Å². The SMILES string of the molecule is N#CCN(CC#N)c1ccc(Br)cc1/C=C/C(=O)O. The molecule has 1 rings (SSSR count). The summed E-state index contributed by atoms with van der Waals surface area (Å²) in [6, 6.07) is 9.20. The molecule has 0 spiro atoms. The molecule has 0 atom stereocenters. The van der Waals surface area contributed by atoms with E-state index in [0.29, 0.717) is 11.3 Å². The first-order valence-electron chi connectivity index (χ1n) is 5.28. The number of anilines is 1. The number of aliphatic carboxylic acids is 1. The lowest BCUT2D eigenvalue weighted by molar-refractivity contribution is -0.131. The zero-order valence-corrected chi connectivity index (χ0v) is 11.5. The number of hydrogen-bond acceptors (Lipinski definition) is 4. The maximum Gasteiger partial charge on any atom is 0.328 e. The number of carbonyl (C=O) groups is 1. The molecule has 1 aromatic rings. The van der Waals surface area contributed by atoms with Crippen molar-refractivity contribution in [1.82, 2.24) is 0 Å². The Balaban J connectivity index is 3.21. The van der Waals surface area contributed by atoms with Gasteiger partial charge in [0.15, 0.2) is 0 Å². The Morgan fingerprint density at radius 1 is 1.37 bits per heavy atom. The van der Waals surface area contributed by atoms with E-state index in [9.17, 15) is 4.79 Å². The molecule has 0 aromatic heterocycles. The van der Waals surface area contributed by atoms with Gasteiger partial charge in [-0.2, -0.15) is 10.5 Å². The molecular weight excluding hydrogens is 310 g/mol. The smallest absolute Gasteiger partial charge is 0.328 e. The molecule has 0 amide bonds. The van der Waals surface area contributed by atoms with Gasteiger partial charge in [0.1, 0.15) is 13.1 Å². The Morgan fingerprint density at radius 2 is 2.00 bits per heavy atom. The van der Waals surface area contributed by atoms with Crippen molar-refractivity contribution in [2.45, 2.75) is 0 Å². The fraction of sp³-hybridized carbons (Fsp3) is 0.154. The summed E-state index contributed by atoms with van der Waals surface area (Å²) in [5.74, 6) is -1.06. The molecule has 0 saturated heterocycles. The van der Waals surface area contributed by atoms with Crippen molar-refractivity contribution in [3.05, 3.63) is 34.3 Å². The van der Waals surface area contributed by atoms with Gasteiger partial charge in [-0.15, -0.1) is 0 Å². The van der Waals surface area contributed by atoms with Gasteiger partial charge < -0.3 is 10.0 Å². The Kier molecular flexibility index (Phi) is 5.59. The zero-order chi connectivity index (χ0) is 14.3. The van der Waals surface area contributed by atoms with Gasteiger partial charge in [0, 0.05) is 16.2 Å². The highest BCUT2D eigenvalue weighted by atomic mass is 79.9. The van der Waals surface area contributed by atoms with Crippen molar-refractivity contribution in [2.24, 2.45) is 0 Å². The molecule has 0 aliphatic carbocycles. The lowest BCUT2D eigenvalue weighted by atomic mass is 10.1. The van der Waals surface area contributed by atoms with Gasteiger partial charge in [0.05, 0.1) is 12.1 Å². The summed E-state index contributed by atoms with van der Waals surface area (Å²) in [6.45, 7) is 0.117. The van der Waals surface area contributed by atoms with Crippen molar-refractivity contribution >= 4 is 33.7 Å². The Bertz CT molecular complexity index is 569. The van der Waals surface area contributed by atoms with E-state index >= 15 is 0 Å². The van der Waals surface area contributed by atoms with E-state index in [0.717, 1.165) is 10.5 Å². The summed E-state index contributed by atoms with van der Waals surface area (Å²) >= 11 is 3.30.